The standard InChI is InChI=1S/C9H18N2S/c1-11-4-7(2-3-10)8-5-12-6-9(8)11/h7-9H,2-6,10H2,1H3. The lowest BCUT2D eigenvalue weighted by molar-refractivity contribution is 0.315. The highest BCUT2D eigenvalue weighted by Crippen LogP contribution is 2.39. The smallest absolute Gasteiger partial charge is 0.0222 e. The van der Waals surface area contributed by atoms with E-state index in [0.29, 0.717) is 0 Å². The van der Waals surface area contributed by atoms with Gasteiger partial charge in [-0.3, -0.25) is 0 Å². The second kappa shape index (κ2) is 3.56. The molecule has 2 saturated heterocycles. The largest absolute Gasteiger partial charge is 0.330 e. The van der Waals surface area contributed by atoms with Crippen LogP contribution in [0.5, 0.6) is 0 Å². The average Bonchev–Trinajstić information content (AvgIpc) is 2.58. The van der Waals surface area contributed by atoms with E-state index in [2.05, 4.69) is 23.7 Å². The Bertz CT molecular complexity index is 163. The summed E-state index contributed by atoms with van der Waals surface area (Å²) in [5.74, 6) is 4.56. The van der Waals surface area contributed by atoms with Crippen LogP contribution in [-0.2, 0) is 0 Å². The van der Waals surface area contributed by atoms with E-state index >= 15 is 0 Å². The van der Waals surface area contributed by atoms with Crippen LogP contribution in [-0.4, -0.2) is 42.6 Å². The van der Waals surface area contributed by atoms with Crippen LogP contribution in [0, 0.1) is 11.8 Å². The quantitative estimate of drug-likeness (QED) is 0.686. The molecule has 0 radical (unpaired) electrons. The zero-order valence-electron chi connectivity index (χ0n) is 7.70. The maximum absolute atomic E-state index is 5.61. The van der Waals surface area contributed by atoms with Gasteiger partial charge in [0.2, 0.25) is 0 Å². The first-order valence-electron chi connectivity index (χ1n) is 4.81. The van der Waals surface area contributed by atoms with Gasteiger partial charge >= 0.3 is 0 Å². The highest BCUT2D eigenvalue weighted by atomic mass is 32.2. The van der Waals surface area contributed by atoms with Crippen LogP contribution < -0.4 is 5.73 Å². The zero-order chi connectivity index (χ0) is 8.55. The fourth-order valence-corrected chi connectivity index (χ4v) is 4.27. The predicted molar refractivity (Wildman–Crippen MR) is 54.4 cm³/mol. The number of likely N-dealkylation sites (tertiary alicyclic amines) is 1. The average molecular weight is 186 g/mol. The molecule has 2 nitrogen and oxygen atoms in total. The number of nitrogens with zero attached hydrogens (tertiary/aromatic N) is 1. The Morgan fingerprint density at radius 1 is 1.50 bits per heavy atom. The van der Waals surface area contributed by atoms with Crippen LogP contribution in [0.3, 0.4) is 0 Å². The molecule has 3 heteroatoms. The predicted octanol–water partition coefficient (Wildman–Crippen LogP) is 0.628. The summed E-state index contributed by atoms with van der Waals surface area (Å²) in [6.07, 6.45) is 1.23. The van der Waals surface area contributed by atoms with Crippen molar-refractivity contribution in [3.8, 4) is 0 Å². The van der Waals surface area contributed by atoms with Gasteiger partial charge in [0.15, 0.2) is 0 Å². The molecule has 0 amide bonds. The third kappa shape index (κ3) is 1.38. The van der Waals surface area contributed by atoms with E-state index < -0.39 is 0 Å². The number of hydrogen-bond acceptors (Lipinski definition) is 3. The molecule has 3 atom stereocenters. The minimum Gasteiger partial charge on any atom is -0.330 e. The monoisotopic (exact) mass is 186 g/mol. The van der Waals surface area contributed by atoms with E-state index in [1.165, 1.54) is 24.5 Å². The Hall–Kier alpha value is 0.270. The number of hydrogen-bond donors (Lipinski definition) is 1. The molecule has 70 valence electrons. The molecule has 2 fully saturated rings. The summed E-state index contributed by atoms with van der Waals surface area (Å²) in [4.78, 5) is 2.53. The molecule has 2 rings (SSSR count). The van der Waals surface area contributed by atoms with Crippen molar-refractivity contribution in [2.45, 2.75) is 12.5 Å². The SMILES string of the molecule is CN1CC(CCN)C2CSCC21. The first-order valence-corrected chi connectivity index (χ1v) is 5.96. The Kier molecular flexibility index (Phi) is 2.63. The number of nitrogens with two attached hydrogens (primary N) is 1. The van der Waals surface area contributed by atoms with Crippen molar-refractivity contribution in [1.29, 1.82) is 0 Å². The van der Waals surface area contributed by atoms with Crippen molar-refractivity contribution < 1.29 is 0 Å². The van der Waals surface area contributed by atoms with E-state index in [-0.39, 0.29) is 0 Å². The first-order chi connectivity index (χ1) is 5.83. The lowest BCUT2D eigenvalue weighted by atomic mass is 9.91. The molecule has 0 aromatic heterocycles. The Morgan fingerprint density at radius 2 is 2.33 bits per heavy atom. The van der Waals surface area contributed by atoms with Crippen molar-refractivity contribution in [1.82, 2.24) is 4.90 Å². The molecule has 0 spiro atoms. The maximum Gasteiger partial charge on any atom is 0.0222 e. The van der Waals surface area contributed by atoms with Crippen LogP contribution in [0.4, 0.5) is 0 Å². The summed E-state index contributed by atoms with van der Waals surface area (Å²) < 4.78 is 0. The lowest BCUT2D eigenvalue weighted by Gasteiger charge is -2.16. The molecule has 0 aromatic rings. The molecule has 2 aliphatic rings. The first kappa shape index (κ1) is 8.85. The summed E-state index contributed by atoms with van der Waals surface area (Å²) in [6.45, 7) is 2.15. The third-order valence-electron chi connectivity index (χ3n) is 3.32. The van der Waals surface area contributed by atoms with Gasteiger partial charge in [-0.25, -0.2) is 0 Å². The van der Waals surface area contributed by atoms with Gasteiger partial charge in [-0.2, -0.15) is 11.8 Å². The van der Waals surface area contributed by atoms with Gasteiger partial charge in [0, 0.05) is 18.3 Å². The molecular weight excluding hydrogens is 168 g/mol. The Balaban J connectivity index is 1.99. The van der Waals surface area contributed by atoms with E-state index in [4.69, 9.17) is 5.73 Å². The van der Waals surface area contributed by atoms with Crippen LogP contribution in [0.2, 0.25) is 0 Å². The van der Waals surface area contributed by atoms with Gasteiger partial charge in [0.05, 0.1) is 0 Å². The fourth-order valence-electron chi connectivity index (χ4n) is 2.62. The molecule has 0 aliphatic carbocycles. The summed E-state index contributed by atoms with van der Waals surface area (Å²) >= 11 is 2.12. The number of fused-ring (bicyclic) bond motifs is 1. The maximum atomic E-state index is 5.61. The van der Waals surface area contributed by atoms with Gasteiger partial charge in [-0.1, -0.05) is 0 Å². The van der Waals surface area contributed by atoms with Crippen LogP contribution in [0.25, 0.3) is 0 Å². The molecule has 0 bridgehead atoms. The normalized spacial score (nSPS) is 42.0. The zero-order valence-corrected chi connectivity index (χ0v) is 8.52. The van der Waals surface area contributed by atoms with E-state index in [9.17, 15) is 0 Å². The van der Waals surface area contributed by atoms with E-state index in [1.807, 2.05) is 0 Å². The van der Waals surface area contributed by atoms with E-state index in [1.54, 1.807) is 0 Å². The van der Waals surface area contributed by atoms with E-state index in [0.717, 1.165) is 24.4 Å². The van der Waals surface area contributed by atoms with Gasteiger partial charge in [0.25, 0.3) is 0 Å². The number of rotatable bonds is 2. The van der Waals surface area contributed by atoms with Crippen molar-refractivity contribution in [2.24, 2.45) is 17.6 Å². The number of thioether (sulfide) groups is 1. The van der Waals surface area contributed by atoms with Gasteiger partial charge in [-0.15, -0.1) is 0 Å². The van der Waals surface area contributed by atoms with Gasteiger partial charge in [0.1, 0.15) is 0 Å². The van der Waals surface area contributed by atoms with Crippen LogP contribution in [0.1, 0.15) is 6.42 Å². The van der Waals surface area contributed by atoms with Crippen LogP contribution >= 0.6 is 11.8 Å². The molecular formula is C9H18N2S. The molecule has 0 saturated carbocycles. The second-order valence-corrected chi connectivity index (χ2v) is 5.12. The second-order valence-electron chi connectivity index (χ2n) is 4.05. The molecule has 2 heterocycles. The molecule has 12 heavy (non-hydrogen) atoms. The van der Waals surface area contributed by atoms with Crippen molar-refractivity contribution in [3.63, 3.8) is 0 Å². The third-order valence-corrected chi connectivity index (χ3v) is 4.52. The topological polar surface area (TPSA) is 29.3 Å². The summed E-state index contributed by atoms with van der Waals surface area (Å²) in [7, 11) is 2.26. The Labute approximate surface area is 78.9 Å². The highest BCUT2D eigenvalue weighted by molar-refractivity contribution is 7.99. The molecule has 2 N–H and O–H groups in total. The fraction of sp³-hybridized carbons (Fsp3) is 1.00. The molecule has 3 unspecified atom stereocenters. The Morgan fingerprint density at radius 3 is 3.08 bits per heavy atom. The van der Waals surface area contributed by atoms with Gasteiger partial charge < -0.3 is 10.6 Å². The summed E-state index contributed by atoms with van der Waals surface area (Å²) in [6, 6.07) is 0.867. The minimum atomic E-state index is 0.867. The summed E-state index contributed by atoms with van der Waals surface area (Å²) in [5.41, 5.74) is 5.61. The highest BCUT2D eigenvalue weighted by Gasteiger charge is 2.42. The summed E-state index contributed by atoms with van der Waals surface area (Å²) in [5, 5.41) is 0. The lowest BCUT2D eigenvalue weighted by Crippen LogP contribution is -2.28. The van der Waals surface area contributed by atoms with Crippen molar-refractivity contribution in [3.05, 3.63) is 0 Å². The van der Waals surface area contributed by atoms with Crippen LogP contribution in [0.15, 0.2) is 0 Å². The van der Waals surface area contributed by atoms with Gasteiger partial charge in [-0.05, 0) is 37.6 Å². The minimum absolute atomic E-state index is 0.867. The molecule has 0 aromatic carbocycles. The van der Waals surface area contributed by atoms with Crippen molar-refractivity contribution in [2.75, 3.05) is 31.6 Å². The molecule has 2 aliphatic heterocycles. The van der Waals surface area contributed by atoms with Crippen molar-refractivity contribution >= 4 is 11.8 Å².